The summed E-state index contributed by atoms with van der Waals surface area (Å²) >= 11 is 0. The molecule has 0 bridgehead atoms. The number of carbonyl (C=O) groups is 1. The van der Waals surface area contributed by atoms with Gasteiger partial charge >= 0.3 is 5.97 Å². The third-order valence-electron chi connectivity index (χ3n) is 4.45. The van der Waals surface area contributed by atoms with Gasteiger partial charge in [0.25, 0.3) is 0 Å². The Morgan fingerprint density at radius 3 is 2.24 bits per heavy atom. The molecule has 1 saturated carbocycles. The second-order valence-corrected chi connectivity index (χ2v) is 7.41. The normalized spacial score (nSPS) is 25.1. The third kappa shape index (κ3) is 4.82. The zero-order valence-corrected chi connectivity index (χ0v) is 14.4. The van der Waals surface area contributed by atoms with Crippen molar-refractivity contribution < 1.29 is 19.4 Å². The van der Waals surface area contributed by atoms with E-state index in [2.05, 4.69) is 6.58 Å². The molecule has 1 fully saturated rings. The first-order chi connectivity index (χ1) is 9.36. The van der Waals surface area contributed by atoms with Crippen LogP contribution < -0.4 is 0 Å². The minimum atomic E-state index is -0.875. The summed E-state index contributed by atoms with van der Waals surface area (Å²) in [6.45, 7) is 16.6. The molecule has 1 N–H and O–H groups in total. The molecule has 1 aliphatic rings. The fourth-order valence-electron chi connectivity index (χ4n) is 2.58. The zero-order chi connectivity index (χ0) is 16.6. The van der Waals surface area contributed by atoms with Crippen molar-refractivity contribution in [1.29, 1.82) is 0 Å². The van der Waals surface area contributed by atoms with Crippen LogP contribution in [-0.2, 0) is 14.3 Å². The Morgan fingerprint density at radius 1 is 1.29 bits per heavy atom. The van der Waals surface area contributed by atoms with Crippen molar-refractivity contribution in [3.05, 3.63) is 12.2 Å². The van der Waals surface area contributed by atoms with Crippen LogP contribution >= 0.6 is 0 Å². The Bertz CT molecular complexity index is 406. The van der Waals surface area contributed by atoms with Gasteiger partial charge in [-0.25, -0.2) is 4.79 Å². The van der Waals surface area contributed by atoms with E-state index in [0.29, 0.717) is 17.4 Å². The van der Waals surface area contributed by atoms with Gasteiger partial charge in [0.2, 0.25) is 0 Å². The van der Waals surface area contributed by atoms with Gasteiger partial charge in [-0.05, 0) is 60.8 Å². The van der Waals surface area contributed by atoms with Crippen LogP contribution in [0.4, 0.5) is 0 Å². The van der Waals surface area contributed by atoms with Crippen molar-refractivity contribution in [2.24, 2.45) is 11.8 Å². The highest BCUT2D eigenvalue weighted by atomic mass is 16.5. The third-order valence-corrected chi connectivity index (χ3v) is 4.45. The number of hydrogen-bond acceptors (Lipinski definition) is 4. The van der Waals surface area contributed by atoms with Gasteiger partial charge in [-0.2, -0.15) is 0 Å². The molecule has 0 aromatic carbocycles. The maximum atomic E-state index is 11.6. The smallest absolute Gasteiger partial charge is 0.333 e. The molecule has 1 aliphatic carbocycles. The van der Waals surface area contributed by atoms with Crippen LogP contribution in [0.25, 0.3) is 0 Å². The molecule has 4 nitrogen and oxygen atoms in total. The lowest BCUT2D eigenvalue weighted by Crippen LogP contribution is -2.43. The van der Waals surface area contributed by atoms with E-state index in [1.54, 1.807) is 20.8 Å². The summed E-state index contributed by atoms with van der Waals surface area (Å²) in [5.41, 5.74) is -0.807. The summed E-state index contributed by atoms with van der Waals surface area (Å²) < 4.78 is 11.4. The molecule has 0 radical (unpaired) electrons. The number of hydrogen-bond donors (Lipinski definition) is 1. The SMILES string of the molecule is C=C(C)C(=O)OC(C)C1CC1C(C)(C)OC(C)C(C)(C)O. The minimum absolute atomic E-state index is 0.139. The summed E-state index contributed by atoms with van der Waals surface area (Å²) in [5, 5.41) is 10.0. The zero-order valence-electron chi connectivity index (χ0n) is 14.4. The summed E-state index contributed by atoms with van der Waals surface area (Å²) in [4.78, 5) is 11.6. The van der Waals surface area contributed by atoms with Gasteiger partial charge in [0.1, 0.15) is 6.10 Å². The fraction of sp³-hybridized carbons (Fsp3) is 0.824. The number of carbonyl (C=O) groups excluding carboxylic acids is 1. The molecule has 0 amide bonds. The quantitative estimate of drug-likeness (QED) is 0.579. The van der Waals surface area contributed by atoms with Crippen LogP contribution in [0.2, 0.25) is 0 Å². The van der Waals surface area contributed by atoms with Crippen molar-refractivity contribution in [2.75, 3.05) is 0 Å². The van der Waals surface area contributed by atoms with Gasteiger partial charge in [-0.3, -0.25) is 0 Å². The Kier molecular flexibility index (Phi) is 5.27. The monoisotopic (exact) mass is 298 g/mol. The van der Waals surface area contributed by atoms with Gasteiger partial charge in [0.15, 0.2) is 0 Å². The Hall–Kier alpha value is -0.870. The van der Waals surface area contributed by atoms with Crippen molar-refractivity contribution >= 4 is 5.97 Å². The van der Waals surface area contributed by atoms with Gasteiger partial charge in [0, 0.05) is 11.5 Å². The summed E-state index contributed by atoms with van der Waals surface area (Å²) in [6.07, 6.45) is 0.567. The number of ether oxygens (including phenoxy) is 2. The topological polar surface area (TPSA) is 55.8 Å². The van der Waals surface area contributed by atoms with E-state index in [1.807, 2.05) is 27.7 Å². The highest BCUT2D eigenvalue weighted by Gasteiger charge is 2.53. The molecule has 122 valence electrons. The highest BCUT2D eigenvalue weighted by molar-refractivity contribution is 5.87. The lowest BCUT2D eigenvalue weighted by Gasteiger charge is -2.35. The van der Waals surface area contributed by atoms with E-state index >= 15 is 0 Å². The molecule has 0 spiro atoms. The number of esters is 1. The van der Waals surface area contributed by atoms with Gasteiger partial charge in [-0.15, -0.1) is 0 Å². The average molecular weight is 298 g/mol. The maximum absolute atomic E-state index is 11.6. The van der Waals surface area contributed by atoms with Crippen molar-refractivity contribution in [2.45, 2.75) is 78.3 Å². The van der Waals surface area contributed by atoms with Crippen LogP contribution in [0, 0.1) is 11.8 Å². The van der Waals surface area contributed by atoms with E-state index in [-0.39, 0.29) is 23.8 Å². The largest absolute Gasteiger partial charge is 0.459 e. The van der Waals surface area contributed by atoms with E-state index in [4.69, 9.17) is 9.47 Å². The molecule has 4 heteroatoms. The van der Waals surface area contributed by atoms with Crippen molar-refractivity contribution in [1.82, 2.24) is 0 Å². The molecule has 1 rings (SSSR count). The summed E-state index contributed by atoms with van der Waals surface area (Å²) in [6, 6.07) is 0. The molecule has 4 unspecified atom stereocenters. The number of rotatable bonds is 7. The minimum Gasteiger partial charge on any atom is -0.459 e. The average Bonchev–Trinajstić information content (AvgIpc) is 3.06. The molecule has 0 aliphatic heterocycles. The lowest BCUT2D eigenvalue weighted by molar-refractivity contribution is -0.156. The molecule has 4 atom stereocenters. The molecule has 0 aromatic heterocycles. The van der Waals surface area contributed by atoms with Crippen LogP contribution in [-0.4, -0.2) is 34.5 Å². The second-order valence-electron chi connectivity index (χ2n) is 7.41. The molecule has 0 aromatic rings. The molecule has 0 heterocycles. The molecular weight excluding hydrogens is 268 g/mol. The van der Waals surface area contributed by atoms with E-state index in [0.717, 1.165) is 6.42 Å². The van der Waals surface area contributed by atoms with Crippen LogP contribution in [0.3, 0.4) is 0 Å². The molecular formula is C17H30O4. The van der Waals surface area contributed by atoms with Crippen LogP contribution in [0.5, 0.6) is 0 Å². The summed E-state index contributed by atoms with van der Waals surface area (Å²) in [7, 11) is 0. The Morgan fingerprint density at radius 2 is 1.81 bits per heavy atom. The lowest BCUT2D eigenvalue weighted by atomic mass is 9.97. The molecule has 21 heavy (non-hydrogen) atoms. The van der Waals surface area contributed by atoms with Crippen molar-refractivity contribution in [3.8, 4) is 0 Å². The first-order valence-corrected chi connectivity index (χ1v) is 7.63. The first kappa shape index (κ1) is 18.2. The van der Waals surface area contributed by atoms with Crippen LogP contribution in [0.15, 0.2) is 12.2 Å². The van der Waals surface area contributed by atoms with Gasteiger partial charge in [-0.1, -0.05) is 6.58 Å². The maximum Gasteiger partial charge on any atom is 0.333 e. The molecule has 0 saturated heterocycles. The second kappa shape index (κ2) is 6.09. The van der Waals surface area contributed by atoms with E-state index < -0.39 is 5.60 Å². The number of aliphatic hydroxyl groups is 1. The van der Waals surface area contributed by atoms with E-state index in [1.165, 1.54) is 0 Å². The fourth-order valence-corrected chi connectivity index (χ4v) is 2.58. The van der Waals surface area contributed by atoms with Gasteiger partial charge < -0.3 is 14.6 Å². The first-order valence-electron chi connectivity index (χ1n) is 7.63. The summed E-state index contributed by atoms with van der Waals surface area (Å²) in [5.74, 6) is 0.296. The Labute approximate surface area is 128 Å². The van der Waals surface area contributed by atoms with Gasteiger partial charge in [0.05, 0.1) is 17.3 Å². The van der Waals surface area contributed by atoms with Crippen LogP contribution in [0.1, 0.15) is 54.9 Å². The van der Waals surface area contributed by atoms with E-state index in [9.17, 15) is 9.90 Å². The Balaban J connectivity index is 2.57. The standard InChI is InChI=1S/C17H30O4/c1-10(2)15(18)20-11(3)13-9-14(13)17(7,8)21-12(4)16(5,6)19/h11-14,19H,1,9H2,2-8H3. The predicted octanol–water partition coefficient (Wildman–Crippen LogP) is 3.08. The predicted molar refractivity (Wildman–Crippen MR) is 82.9 cm³/mol. The van der Waals surface area contributed by atoms with Crippen molar-refractivity contribution in [3.63, 3.8) is 0 Å². The highest BCUT2D eigenvalue weighted by Crippen LogP contribution is 2.51.